The Morgan fingerprint density at radius 2 is 1.96 bits per heavy atom. The monoisotopic (exact) mass is 356 g/mol. The SMILES string of the molecule is Cc1nn(CC(C)C)c(C)c1CCC(=O)NC1(CN)CCCC1.Cl. The largest absolute Gasteiger partial charge is 0.349 e. The Hall–Kier alpha value is -1.07. The standard InChI is InChI=1S/C18H32N4O.ClH/c1-13(2)11-22-15(4)16(14(3)21-22)7-8-17(23)20-18(12-19)9-5-6-10-18;/h13H,5-12,19H2,1-4H3,(H,20,23);1H. The highest BCUT2D eigenvalue weighted by Crippen LogP contribution is 2.28. The summed E-state index contributed by atoms with van der Waals surface area (Å²) in [4.78, 5) is 12.3. The highest BCUT2D eigenvalue weighted by molar-refractivity contribution is 5.85. The van der Waals surface area contributed by atoms with E-state index < -0.39 is 0 Å². The summed E-state index contributed by atoms with van der Waals surface area (Å²) in [5.74, 6) is 0.684. The van der Waals surface area contributed by atoms with Gasteiger partial charge in [-0.1, -0.05) is 26.7 Å². The lowest BCUT2D eigenvalue weighted by Crippen LogP contribution is -2.51. The van der Waals surface area contributed by atoms with E-state index in [9.17, 15) is 4.79 Å². The van der Waals surface area contributed by atoms with Crippen molar-refractivity contribution in [3.63, 3.8) is 0 Å². The van der Waals surface area contributed by atoms with Crippen molar-refractivity contribution in [1.82, 2.24) is 15.1 Å². The molecule has 24 heavy (non-hydrogen) atoms. The van der Waals surface area contributed by atoms with Crippen LogP contribution in [0.4, 0.5) is 0 Å². The van der Waals surface area contributed by atoms with Crippen LogP contribution in [0.5, 0.6) is 0 Å². The minimum Gasteiger partial charge on any atom is -0.349 e. The Kier molecular flexibility index (Phi) is 7.74. The van der Waals surface area contributed by atoms with Crippen LogP contribution in [0.25, 0.3) is 0 Å². The van der Waals surface area contributed by atoms with Crippen LogP contribution >= 0.6 is 12.4 Å². The quantitative estimate of drug-likeness (QED) is 0.788. The summed E-state index contributed by atoms with van der Waals surface area (Å²) >= 11 is 0. The molecule has 0 unspecified atom stereocenters. The second kappa shape index (κ2) is 8.86. The molecule has 6 heteroatoms. The van der Waals surface area contributed by atoms with Gasteiger partial charge in [-0.25, -0.2) is 0 Å². The van der Waals surface area contributed by atoms with E-state index in [1.165, 1.54) is 11.3 Å². The van der Waals surface area contributed by atoms with Crippen LogP contribution in [-0.4, -0.2) is 27.8 Å². The van der Waals surface area contributed by atoms with Gasteiger partial charge >= 0.3 is 0 Å². The van der Waals surface area contributed by atoms with E-state index in [2.05, 4.69) is 35.9 Å². The molecule has 1 aliphatic rings. The Morgan fingerprint density at radius 3 is 2.50 bits per heavy atom. The zero-order chi connectivity index (χ0) is 17.0. The third-order valence-electron chi connectivity index (χ3n) is 5.03. The van der Waals surface area contributed by atoms with Crippen molar-refractivity contribution in [2.24, 2.45) is 11.7 Å². The molecule has 1 saturated carbocycles. The molecule has 3 N–H and O–H groups in total. The fourth-order valence-electron chi connectivity index (χ4n) is 3.65. The summed E-state index contributed by atoms with van der Waals surface area (Å²) in [6.07, 6.45) is 5.62. The van der Waals surface area contributed by atoms with Gasteiger partial charge in [-0.3, -0.25) is 9.48 Å². The van der Waals surface area contributed by atoms with Gasteiger partial charge in [0, 0.05) is 25.2 Å². The first-order valence-corrected chi connectivity index (χ1v) is 8.91. The average Bonchev–Trinajstić information content (AvgIpc) is 3.04. The van der Waals surface area contributed by atoms with Gasteiger partial charge in [-0.2, -0.15) is 5.10 Å². The van der Waals surface area contributed by atoms with E-state index in [1.807, 2.05) is 6.92 Å². The Balaban J connectivity index is 0.00000288. The summed E-state index contributed by atoms with van der Waals surface area (Å²) in [5, 5.41) is 7.83. The minimum atomic E-state index is -0.150. The number of aromatic nitrogens is 2. The number of amides is 1. The summed E-state index contributed by atoms with van der Waals surface area (Å²) in [5.41, 5.74) is 9.20. The normalized spacial score (nSPS) is 16.2. The van der Waals surface area contributed by atoms with Crippen LogP contribution in [0.1, 0.15) is 62.9 Å². The molecule has 1 heterocycles. The molecule has 0 saturated heterocycles. The maximum absolute atomic E-state index is 12.3. The Labute approximate surface area is 152 Å². The maximum Gasteiger partial charge on any atom is 0.220 e. The fraction of sp³-hybridized carbons (Fsp3) is 0.778. The topological polar surface area (TPSA) is 72.9 Å². The van der Waals surface area contributed by atoms with Crippen LogP contribution in [0.2, 0.25) is 0 Å². The Bertz CT molecular complexity index is 547. The number of carbonyl (C=O) groups excluding carboxylic acids is 1. The molecule has 1 aromatic heterocycles. The molecule has 0 aromatic carbocycles. The number of nitrogens with zero attached hydrogens (tertiary/aromatic N) is 2. The number of nitrogens with one attached hydrogen (secondary N) is 1. The van der Waals surface area contributed by atoms with Crippen molar-refractivity contribution in [3.05, 3.63) is 17.0 Å². The number of rotatable bonds is 7. The van der Waals surface area contributed by atoms with E-state index in [4.69, 9.17) is 5.73 Å². The van der Waals surface area contributed by atoms with Gasteiger partial charge in [0.05, 0.1) is 11.2 Å². The van der Waals surface area contributed by atoms with E-state index in [0.29, 0.717) is 18.9 Å². The first-order chi connectivity index (χ1) is 10.9. The predicted molar refractivity (Wildman–Crippen MR) is 101 cm³/mol. The highest BCUT2D eigenvalue weighted by Gasteiger charge is 2.33. The van der Waals surface area contributed by atoms with Gasteiger partial charge in [0.25, 0.3) is 0 Å². The molecular weight excluding hydrogens is 324 g/mol. The average molecular weight is 357 g/mol. The molecule has 1 aliphatic carbocycles. The van der Waals surface area contributed by atoms with Crippen molar-refractivity contribution < 1.29 is 4.79 Å². The van der Waals surface area contributed by atoms with E-state index in [1.54, 1.807) is 0 Å². The van der Waals surface area contributed by atoms with Gasteiger partial charge in [0.2, 0.25) is 5.91 Å². The molecule has 0 atom stereocenters. The van der Waals surface area contributed by atoms with Crippen molar-refractivity contribution in [2.75, 3.05) is 6.54 Å². The molecule has 138 valence electrons. The predicted octanol–water partition coefficient (Wildman–Crippen LogP) is 2.90. The number of hydrogen-bond acceptors (Lipinski definition) is 3. The summed E-state index contributed by atoms with van der Waals surface area (Å²) in [6.45, 7) is 10.00. The molecular formula is C18H33ClN4O. The van der Waals surface area contributed by atoms with Crippen molar-refractivity contribution >= 4 is 18.3 Å². The fourth-order valence-corrected chi connectivity index (χ4v) is 3.65. The molecule has 1 fully saturated rings. The van der Waals surface area contributed by atoms with E-state index in [0.717, 1.165) is 44.3 Å². The van der Waals surface area contributed by atoms with E-state index >= 15 is 0 Å². The van der Waals surface area contributed by atoms with Crippen molar-refractivity contribution in [1.29, 1.82) is 0 Å². The van der Waals surface area contributed by atoms with Gasteiger partial charge in [-0.15, -0.1) is 12.4 Å². The zero-order valence-electron chi connectivity index (χ0n) is 15.5. The molecule has 1 aromatic rings. The second-order valence-electron chi connectivity index (χ2n) is 7.47. The molecule has 0 aliphatic heterocycles. The number of halogens is 1. The van der Waals surface area contributed by atoms with Gasteiger partial charge in [0.15, 0.2) is 0 Å². The minimum absolute atomic E-state index is 0. The van der Waals surface area contributed by atoms with Crippen molar-refractivity contribution in [3.8, 4) is 0 Å². The van der Waals surface area contributed by atoms with Crippen LogP contribution in [0.3, 0.4) is 0 Å². The molecule has 0 bridgehead atoms. The lowest BCUT2D eigenvalue weighted by Gasteiger charge is -2.28. The van der Waals surface area contributed by atoms with Crippen LogP contribution in [0, 0.1) is 19.8 Å². The first-order valence-electron chi connectivity index (χ1n) is 8.91. The summed E-state index contributed by atoms with van der Waals surface area (Å²) in [7, 11) is 0. The summed E-state index contributed by atoms with van der Waals surface area (Å²) < 4.78 is 2.07. The molecule has 1 amide bonds. The van der Waals surface area contributed by atoms with Crippen LogP contribution in [-0.2, 0) is 17.8 Å². The van der Waals surface area contributed by atoms with Gasteiger partial charge in [-0.05, 0) is 44.6 Å². The van der Waals surface area contributed by atoms with Crippen LogP contribution in [0.15, 0.2) is 0 Å². The second-order valence-corrected chi connectivity index (χ2v) is 7.47. The van der Waals surface area contributed by atoms with E-state index in [-0.39, 0.29) is 23.9 Å². The highest BCUT2D eigenvalue weighted by atomic mass is 35.5. The van der Waals surface area contributed by atoms with Crippen LogP contribution < -0.4 is 11.1 Å². The van der Waals surface area contributed by atoms with Gasteiger partial charge in [0.1, 0.15) is 0 Å². The number of nitrogens with two attached hydrogens (primary N) is 1. The lowest BCUT2D eigenvalue weighted by atomic mass is 9.97. The first kappa shape index (κ1) is 21.0. The Morgan fingerprint density at radius 1 is 1.33 bits per heavy atom. The zero-order valence-corrected chi connectivity index (χ0v) is 16.3. The summed E-state index contributed by atoms with van der Waals surface area (Å²) in [6, 6.07) is 0. The molecule has 2 rings (SSSR count). The number of carbonyl (C=O) groups is 1. The number of hydrogen-bond donors (Lipinski definition) is 2. The van der Waals surface area contributed by atoms with Gasteiger partial charge < -0.3 is 11.1 Å². The molecule has 5 nitrogen and oxygen atoms in total. The molecule has 0 spiro atoms. The maximum atomic E-state index is 12.3. The lowest BCUT2D eigenvalue weighted by molar-refractivity contribution is -0.122. The molecule has 0 radical (unpaired) electrons. The third kappa shape index (κ3) is 4.96. The van der Waals surface area contributed by atoms with Crippen molar-refractivity contribution in [2.45, 2.75) is 78.3 Å². The smallest absolute Gasteiger partial charge is 0.220 e. The number of aryl methyl sites for hydroxylation is 1. The third-order valence-corrected chi connectivity index (χ3v) is 5.03.